The molecule has 3 amide bonds. The number of hydrogen-bond donors (Lipinski definition) is 4. The Morgan fingerprint density at radius 2 is 2.04 bits per heavy atom. The topological polar surface area (TPSA) is 309 Å². The van der Waals surface area contributed by atoms with Crippen molar-refractivity contribution in [3.8, 4) is 17.6 Å². The van der Waals surface area contributed by atoms with E-state index in [1.807, 2.05) is 0 Å². The molecule has 6 atom stereocenters. The largest absolute Gasteiger partial charge is 0.491 e. The molecule has 2 aromatic rings. The summed E-state index contributed by atoms with van der Waals surface area (Å²) in [6, 6.07) is 6.32. The second kappa shape index (κ2) is 25.2. The van der Waals surface area contributed by atoms with Gasteiger partial charge in [0, 0.05) is 48.0 Å². The Hall–Kier alpha value is -4.91. The van der Waals surface area contributed by atoms with E-state index >= 15 is 0 Å². The van der Waals surface area contributed by atoms with Gasteiger partial charge in [-0.25, -0.2) is 4.79 Å². The maximum absolute atomic E-state index is 12.7. The summed E-state index contributed by atoms with van der Waals surface area (Å²) in [6.45, 7) is 1.08. The van der Waals surface area contributed by atoms with E-state index in [9.17, 15) is 23.7 Å². The number of carbonyl (C=O) groups excluding carboxylic acids is 3. The fourth-order valence-corrected chi connectivity index (χ4v) is 7.86. The summed E-state index contributed by atoms with van der Waals surface area (Å²) < 4.78 is 40.3. The van der Waals surface area contributed by atoms with Crippen LogP contribution in [0.5, 0.6) is 5.75 Å². The predicted molar refractivity (Wildman–Crippen MR) is 202 cm³/mol. The van der Waals surface area contributed by atoms with Gasteiger partial charge in [-0.3, -0.25) is 23.5 Å². The molecule has 0 bridgehead atoms. The molecule has 3 unspecified atom stereocenters. The lowest BCUT2D eigenvalue weighted by molar-refractivity contribution is -0.126. The van der Waals surface area contributed by atoms with Crippen LogP contribution < -0.4 is 32.1 Å². The number of carbonyl (C=O) groups is 3. The number of nitrogens with two attached hydrogens (primary N) is 1. The molecule has 22 nitrogen and oxygen atoms in total. The number of amides is 3. The van der Waals surface area contributed by atoms with Crippen LogP contribution in [0.1, 0.15) is 35.5 Å². The van der Waals surface area contributed by atoms with Gasteiger partial charge in [-0.05, 0) is 43.4 Å². The number of aromatic nitrogens is 2. The Kier molecular flexibility index (Phi) is 20.4. The zero-order chi connectivity index (χ0) is 39.8. The fraction of sp³-hybridized carbons (Fsp3) is 0.500. The lowest BCUT2D eigenvalue weighted by Crippen LogP contribution is -2.33. The van der Waals surface area contributed by atoms with Crippen LogP contribution in [0, 0.1) is 11.8 Å². The van der Waals surface area contributed by atoms with Crippen molar-refractivity contribution in [1.82, 2.24) is 25.5 Å². The van der Waals surface area contributed by atoms with E-state index in [-0.39, 0.29) is 98.5 Å². The van der Waals surface area contributed by atoms with Crippen molar-refractivity contribution < 1.29 is 42.6 Å². The molecule has 3 rings (SSSR count). The van der Waals surface area contributed by atoms with E-state index in [1.165, 1.54) is 23.8 Å². The third kappa shape index (κ3) is 16.6. The summed E-state index contributed by atoms with van der Waals surface area (Å²) in [5.41, 5.74) is 23.3. The van der Waals surface area contributed by atoms with Crippen LogP contribution in [0.2, 0.25) is 0 Å². The Morgan fingerprint density at radius 3 is 2.80 bits per heavy atom. The first-order valence-electron chi connectivity index (χ1n) is 16.4. The number of nitrogens with zero attached hydrogens (tertiary/aromatic N) is 8. The molecule has 5 N–H and O–H groups in total. The average molecular weight is 821 g/mol. The Bertz CT molecular complexity index is 1850. The third-order valence-corrected chi connectivity index (χ3v) is 11.6. The molecule has 1 aromatic carbocycles. The first-order valence-corrected chi connectivity index (χ1v) is 21.2. The number of nitrogen functional groups attached to an aromatic ring is 1. The molecule has 0 aliphatic carbocycles. The van der Waals surface area contributed by atoms with Crippen molar-refractivity contribution in [3.05, 3.63) is 73.0 Å². The zero-order valence-corrected chi connectivity index (χ0v) is 32.3. The first kappa shape index (κ1) is 44.5. The minimum Gasteiger partial charge on any atom is -0.491 e. The van der Waals surface area contributed by atoms with Gasteiger partial charge in [-0.15, -0.1) is 0 Å². The van der Waals surface area contributed by atoms with Crippen LogP contribution >= 0.6 is 24.4 Å². The first-order chi connectivity index (χ1) is 26.6. The zero-order valence-electron chi connectivity index (χ0n) is 29.5. The highest BCUT2D eigenvalue weighted by Gasteiger charge is 2.37. The van der Waals surface area contributed by atoms with Crippen molar-refractivity contribution in [2.45, 2.75) is 38.0 Å². The van der Waals surface area contributed by atoms with Crippen molar-refractivity contribution >= 4 is 47.9 Å². The SMILES string of the molecule is CC(=O)NCCNC(=O)c1cccc(OCC(N=[N+]=[N-])OCCOCC(=O)NCC#Cc2cn([C@H]3C[C@@H](OCN=[N+]=[N-])[C@@H](CPPP=O)O3)c(=O)nc2N)c1. The maximum Gasteiger partial charge on any atom is 0.351 e. The molecule has 0 radical (unpaired) electrons. The van der Waals surface area contributed by atoms with Gasteiger partial charge in [0.15, 0.2) is 14.4 Å². The average Bonchev–Trinajstić information content (AvgIpc) is 3.56. The highest BCUT2D eigenvalue weighted by Crippen LogP contribution is 2.48. The molecule has 1 saturated heterocycles. The van der Waals surface area contributed by atoms with Crippen molar-refractivity contribution in [1.29, 1.82) is 0 Å². The minimum atomic E-state index is -1.03. The summed E-state index contributed by atoms with van der Waals surface area (Å²) in [5, 5.41) is 14.8. The fourth-order valence-electron chi connectivity index (χ4n) is 4.67. The maximum atomic E-state index is 12.7. The number of nitrogens with one attached hydrogen (secondary N) is 3. The van der Waals surface area contributed by atoms with E-state index in [2.05, 4.69) is 52.8 Å². The predicted octanol–water partition coefficient (Wildman–Crippen LogP) is 2.33. The molecule has 1 fully saturated rings. The van der Waals surface area contributed by atoms with Crippen LogP contribution in [0.3, 0.4) is 0 Å². The van der Waals surface area contributed by atoms with Crippen LogP contribution in [-0.2, 0) is 33.1 Å². The molecule has 2 heterocycles. The summed E-state index contributed by atoms with van der Waals surface area (Å²) in [5.74, 6) is 4.71. The molecule has 1 aromatic heterocycles. The van der Waals surface area contributed by atoms with Crippen molar-refractivity contribution in [2.75, 3.05) is 64.7 Å². The van der Waals surface area contributed by atoms with Gasteiger partial charge in [0.2, 0.25) is 11.8 Å². The molecule has 294 valence electrons. The Morgan fingerprint density at radius 1 is 1.22 bits per heavy atom. The van der Waals surface area contributed by atoms with Gasteiger partial charge in [-0.2, -0.15) is 4.98 Å². The van der Waals surface area contributed by atoms with Crippen LogP contribution in [0.4, 0.5) is 5.82 Å². The second-order valence-corrected chi connectivity index (χ2v) is 16.4. The molecular formula is C30H39N12O10P3. The Labute approximate surface area is 319 Å². The number of hydrogen-bond acceptors (Lipinski definition) is 14. The summed E-state index contributed by atoms with van der Waals surface area (Å²) in [6.07, 6.45) is -0.491. The van der Waals surface area contributed by atoms with Crippen LogP contribution in [0.15, 0.2) is 45.5 Å². The smallest absolute Gasteiger partial charge is 0.351 e. The standard InChI is InChI=1S/C30H39N12O10P3/c1-19(43)34-8-9-36-29(45)20-4-2-6-22(12-20)50-16-26(39-41-33)49-11-10-48-15-25(44)35-7-3-5-21-14-42(30(46)38-28(21)31)27-13-23(51-18-37-40-32)24(52-27)17-53-55-54-47/h2,4,6,12,14,23-24,26-27,53,55H,7-11,13,15-18H2,1H3,(H,34,43)(H,35,44)(H,36,45)(H2,31,38,46)/t23-,24-,26?,27-/m1/s1. The summed E-state index contributed by atoms with van der Waals surface area (Å²) in [4.78, 5) is 57.5. The summed E-state index contributed by atoms with van der Waals surface area (Å²) in [7, 11) is 0.602. The van der Waals surface area contributed by atoms with E-state index < -0.39 is 36.3 Å². The van der Waals surface area contributed by atoms with Gasteiger partial charge in [0.25, 0.3) is 5.91 Å². The van der Waals surface area contributed by atoms with E-state index in [4.69, 9.17) is 40.5 Å². The number of anilines is 1. The molecule has 55 heavy (non-hydrogen) atoms. The highest BCUT2D eigenvalue weighted by molar-refractivity contribution is 8.40. The van der Waals surface area contributed by atoms with E-state index in [1.54, 1.807) is 18.2 Å². The number of azide groups is 2. The molecule has 1 aliphatic rings. The normalized spacial score (nSPS) is 16.9. The third-order valence-electron chi connectivity index (χ3n) is 7.13. The van der Waals surface area contributed by atoms with Gasteiger partial charge in [-0.1, -0.05) is 36.4 Å². The summed E-state index contributed by atoms with van der Waals surface area (Å²) >= 11 is 0. The quantitative estimate of drug-likeness (QED) is 0.0314. The van der Waals surface area contributed by atoms with Crippen molar-refractivity contribution in [3.63, 3.8) is 0 Å². The molecule has 25 heteroatoms. The molecule has 0 saturated carbocycles. The molecule has 1 aliphatic heterocycles. The number of benzene rings is 1. The van der Waals surface area contributed by atoms with Crippen LogP contribution in [0.25, 0.3) is 20.9 Å². The number of ether oxygens (including phenoxy) is 5. The monoisotopic (exact) mass is 820 g/mol. The lowest BCUT2D eigenvalue weighted by atomic mass is 10.2. The molecule has 0 spiro atoms. The van der Waals surface area contributed by atoms with Gasteiger partial charge in [0.1, 0.15) is 37.7 Å². The van der Waals surface area contributed by atoms with E-state index in [0.29, 0.717) is 25.7 Å². The van der Waals surface area contributed by atoms with E-state index in [0.717, 1.165) is 0 Å². The molecular weight excluding hydrogens is 781 g/mol. The van der Waals surface area contributed by atoms with Gasteiger partial charge >= 0.3 is 5.69 Å². The van der Waals surface area contributed by atoms with Gasteiger partial charge in [0.05, 0.1) is 37.5 Å². The highest BCUT2D eigenvalue weighted by atomic mass is 32.4. The van der Waals surface area contributed by atoms with Gasteiger partial charge < -0.3 is 45.4 Å². The second-order valence-electron chi connectivity index (χ2n) is 11.0. The van der Waals surface area contributed by atoms with Crippen molar-refractivity contribution in [2.24, 2.45) is 10.2 Å². The minimum absolute atomic E-state index is 0.0188. The van der Waals surface area contributed by atoms with Crippen LogP contribution in [-0.4, -0.2) is 105 Å². The lowest BCUT2D eigenvalue weighted by Gasteiger charge is -2.17. The Balaban J connectivity index is 1.41. The number of rotatable bonds is 23.